The molecule has 124 valence electrons. The summed E-state index contributed by atoms with van der Waals surface area (Å²) in [4.78, 5) is 8.84. The van der Waals surface area contributed by atoms with Gasteiger partial charge in [-0.1, -0.05) is 15.9 Å². The van der Waals surface area contributed by atoms with Gasteiger partial charge in [0.05, 0.1) is 11.7 Å². The average Bonchev–Trinajstić information content (AvgIpc) is 3.01. The molecule has 7 heteroatoms. The van der Waals surface area contributed by atoms with E-state index >= 15 is 0 Å². The summed E-state index contributed by atoms with van der Waals surface area (Å²) in [7, 11) is 1.85. The fourth-order valence-corrected chi connectivity index (χ4v) is 2.99. The lowest BCUT2D eigenvalue weighted by Crippen LogP contribution is -1.97. The third kappa shape index (κ3) is 3.32. The Morgan fingerprint density at radius 3 is 2.76 bits per heavy atom. The van der Waals surface area contributed by atoms with Crippen LogP contribution in [0.4, 0.5) is 11.6 Å². The molecule has 0 saturated carbocycles. The van der Waals surface area contributed by atoms with Crippen molar-refractivity contribution in [3.8, 4) is 16.9 Å². The lowest BCUT2D eigenvalue weighted by Gasteiger charge is -2.08. The van der Waals surface area contributed by atoms with Crippen molar-refractivity contribution in [2.75, 3.05) is 5.32 Å². The van der Waals surface area contributed by atoms with Gasteiger partial charge < -0.3 is 10.4 Å². The normalized spacial score (nSPS) is 11.0. The molecule has 0 unspecified atom stereocenters. The Bertz CT molecular complexity index is 1080. The number of hydrogen-bond donors (Lipinski definition) is 2. The Kier molecular flexibility index (Phi) is 3.85. The third-order valence-electron chi connectivity index (χ3n) is 3.75. The maximum absolute atomic E-state index is 10.0. The highest BCUT2D eigenvalue weighted by Crippen LogP contribution is 2.29. The molecule has 0 fully saturated rings. The van der Waals surface area contributed by atoms with Gasteiger partial charge in [0.2, 0.25) is 5.95 Å². The van der Waals surface area contributed by atoms with Gasteiger partial charge in [0.1, 0.15) is 5.75 Å². The highest BCUT2D eigenvalue weighted by molar-refractivity contribution is 9.10. The molecule has 2 aromatic carbocycles. The summed E-state index contributed by atoms with van der Waals surface area (Å²) in [5, 5.41) is 18.3. The van der Waals surface area contributed by atoms with E-state index in [-0.39, 0.29) is 5.75 Å². The molecular formula is C18H14BrN5O. The highest BCUT2D eigenvalue weighted by Gasteiger charge is 2.07. The van der Waals surface area contributed by atoms with E-state index in [1.165, 1.54) is 0 Å². The largest absolute Gasteiger partial charge is 0.508 e. The number of phenols is 1. The maximum Gasteiger partial charge on any atom is 0.227 e. The quantitative estimate of drug-likeness (QED) is 0.542. The number of aromatic nitrogens is 4. The number of halogens is 1. The number of rotatable bonds is 3. The molecule has 4 rings (SSSR count). The van der Waals surface area contributed by atoms with Crippen LogP contribution in [0.15, 0.2) is 59.5 Å². The van der Waals surface area contributed by atoms with Crippen LogP contribution in [0.5, 0.6) is 5.75 Å². The number of aromatic hydroxyl groups is 1. The summed E-state index contributed by atoms with van der Waals surface area (Å²) in [5.74, 6) is 0.631. The number of nitrogens with one attached hydrogen (secondary N) is 1. The molecule has 0 amide bonds. The predicted molar refractivity (Wildman–Crippen MR) is 101 cm³/mol. The summed E-state index contributed by atoms with van der Waals surface area (Å²) < 4.78 is 2.70. The molecule has 0 aliphatic carbocycles. The van der Waals surface area contributed by atoms with Gasteiger partial charge in [0, 0.05) is 46.6 Å². The lowest BCUT2D eigenvalue weighted by atomic mass is 10.1. The SMILES string of the molecule is Cn1cc(-c2cc(O)cc(Nc3ncc4cc(Br)ccc4n3)c2)cn1. The van der Waals surface area contributed by atoms with Crippen molar-refractivity contribution in [1.29, 1.82) is 0 Å². The zero-order valence-corrected chi connectivity index (χ0v) is 14.9. The van der Waals surface area contributed by atoms with Crippen LogP contribution in [-0.4, -0.2) is 24.9 Å². The highest BCUT2D eigenvalue weighted by atomic mass is 79.9. The van der Waals surface area contributed by atoms with Crippen molar-refractivity contribution >= 4 is 38.5 Å². The van der Waals surface area contributed by atoms with Crippen LogP contribution in [0.3, 0.4) is 0 Å². The Morgan fingerprint density at radius 2 is 1.96 bits per heavy atom. The van der Waals surface area contributed by atoms with Crippen molar-refractivity contribution in [2.45, 2.75) is 0 Å². The van der Waals surface area contributed by atoms with Gasteiger partial charge in [-0.3, -0.25) is 4.68 Å². The van der Waals surface area contributed by atoms with Crippen LogP contribution in [0.25, 0.3) is 22.0 Å². The molecule has 0 atom stereocenters. The number of fused-ring (bicyclic) bond motifs is 1. The summed E-state index contributed by atoms with van der Waals surface area (Å²) in [6, 6.07) is 11.1. The first-order chi connectivity index (χ1) is 12.1. The van der Waals surface area contributed by atoms with Crippen molar-refractivity contribution in [1.82, 2.24) is 19.7 Å². The first-order valence-corrected chi connectivity index (χ1v) is 8.38. The molecule has 0 spiro atoms. The Hall–Kier alpha value is -2.93. The van der Waals surface area contributed by atoms with Crippen molar-refractivity contribution in [2.24, 2.45) is 7.05 Å². The standard InChI is InChI=1S/C18H14BrN5O/c1-24-10-13(9-21-24)11-5-15(7-16(25)6-11)22-18-20-8-12-4-14(19)2-3-17(12)23-18/h2-10,25H,1H3,(H,20,22,23). The second-order valence-electron chi connectivity index (χ2n) is 5.69. The van der Waals surface area contributed by atoms with Gasteiger partial charge in [-0.2, -0.15) is 5.10 Å². The Balaban J connectivity index is 1.68. The van der Waals surface area contributed by atoms with Crippen molar-refractivity contribution in [3.63, 3.8) is 0 Å². The second kappa shape index (κ2) is 6.18. The minimum atomic E-state index is 0.161. The van der Waals surface area contributed by atoms with Crippen LogP contribution in [0.2, 0.25) is 0 Å². The zero-order chi connectivity index (χ0) is 17.4. The molecular weight excluding hydrogens is 382 g/mol. The Labute approximate surface area is 152 Å². The number of benzene rings is 2. The fraction of sp³-hybridized carbons (Fsp3) is 0.0556. The van der Waals surface area contributed by atoms with Crippen LogP contribution in [-0.2, 0) is 7.05 Å². The fourth-order valence-electron chi connectivity index (χ4n) is 2.61. The third-order valence-corrected chi connectivity index (χ3v) is 4.25. The Morgan fingerprint density at radius 1 is 1.08 bits per heavy atom. The summed E-state index contributed by atoms with van der Waals surface area (Å²) in [5.41, 5.74) is 3.33. The second-order valence-corrected chi connectivity index (χ2v) is 6.61. The van der Waals surface area contributed by atoms with E-state index < -0.39 is 0 Å². The molecule has 2 aromatic heterocycles. The van der Waals surface area contributed by atoms with Crippen LogP contribution in [0, 0.1) is 0 Å². The van der Waals surface area contributed by atoms with Gasteiger partial charge in [0.25, 0.3) is 0 Å². The molecule has 4 aromatic rings. The molecule has 0 radical (unpaired) electrons. The predicted octanol–water partition coefficient (Wildman–Crippen LogP) is 4.24. The number of aryl methyl sites for hydroxylation is 1. The summed E-state index contributed by atoms with van der Waals surface area (Å²) in [6.07, 6.45) is 5.41. The molecule has 0 aliphatic rings. The number of anilines is 2. The molecule has 0 saturated heterocycles. The smallest absolute Gasteiger partial charge is 0.227 e. The van der Waals surface area contributed by atoms with E-state index in [4.69, 9.17) is 0 Å². The van der Waals surface area contributed by atoms with Crippen LogP contribution < -0.4 is 5.32 Å². The van der Waals surface area contributed by atoms with Gasteiger partial charge in [-0.25, -0.2) is 9.97 Å². The average molecular weight is 396 g/mol. The van der Waals surface area contributed by atoms with Crippen LogP contribution in [0.1, 0.15) is 0 Å². The number of phenolic OH excluding ortho intramolecular Hbond substituents is 1. The van der Waals surface area contributed by atoms with Crippen LogP contribution >= 0.6 is 15.9 Å². The number of nitrogens with zero attached hydrogens (tertiary/aromatic N) is 4. The van der Waals surface area contributed by atoms with E-state index in [0.29, 0.717) is 11.6 Å². The molecule has 0 aliphatic heterocycles. The van der Waals surface area contributed by atoms with Gasteiger partial charge in [0.15, 0.2) is 0 Å². The molecule has 0 bridgehead atoms. The minimum absolute atomic E-state index is 0.161. The van der Waals surface area contributed by atoms with Gasteiger partial charge in [-0.05, 0) is 35.9 Å². The molecule has 2 heterocycles. The molecule has 25 heavy (non-hydrogen) atoms. The van der Waals surface area contributed by atoms with Gasteiger partial charge >= 0.3 is 0 Å². The van der Waals surface area contributed by atoms with E-state index in [9.17, 15) is 5.11 Å². The van der Waals surface area contributed by atoms with E-state index in [2.05, 4.69) is 36.3 Å². The monoisotopic (exact) mass is 395 g/mol. The first kappa shape index (κ1) is 15.6. The van der Waals surface area contributed by atoms with E-state index in [1.807, 2.05) is 37.5 Å². The van der Waals surface area contributed by atoms with Crippen molar-refractivity contribution in [3.05, 3.63) is 59.5 Å². The minimum Gasteiger partial charge on any atom is -0.508 e. The van der Waals surface area contributed by atoms with Crippen molar-refractivity contribution < 1.29 is 5.11 Å². The lowest BCUT2D eigenvalue weighted by molar-refractivity contribution is 0.476. The number of hydrogen-bond acceptors (Lipinski definition) is 5. The maximum atomic E-state index is 10.0. The topological polar surface area (TPSA) is 75.9 Å². The van der Waals surface area contributed by atoms with E-state index in [1.54, 1.807) is 29.2 Å². The van der Waals surface area contributed by atoms with Gasteiger partial charge in [-0.15, -0.1) is 0 Å². The summed E-state index contributed by atoms with van der Waals surface area (Å²) in [6.45, 7) is 0. The molecule has 6 nitrogen and oxygen atoms in total. The first-order valence-electron chi connectivity index (χ1n) is 7.59. The van der Waals surface area contributed by atoms with E-state index in [0.717, 1.165) is 26.5 Å². The zero-order valence-electron chi connectivity index (χ0n) is 13.3. The summed E-state index contributed by atoms with van der Waals surface area (Å²) >= 11 is 3.44. The molecule has 2 N–H and O–H groups in total.